The fourth-order valence-electron chi connectivity index (χ4n) is 8.40. The summed E-state index contributed by atoms with van der Waals surface area (Å²) in [4.78, 5) is 0. The molecule has 0 bridgehead atoms. The summed E-state index contributed by atoms with van der Waals surface area (Å²) >= 11 is 0. The molecule has 10 rings (SSSR count). The molecule has 0 unspecified atom stereocenters. The van der Waals surface area contributed by atoms with Gasteiger partial charge in [-0.15, -0.1) is 0 Å². The molecule has 0 spiro atoms. The lowest BCUT2D eigenvalue weighted by Crippen LogP contribution is -2.16. The topological polar surface area (TPSA) is 9.86 Å². The third-order valence-corrected chi connectivity index (χ3v) is 10.7. The van der Waals surface area contributed by atoms with Crippen molar-refractivity contribution in [3.8, 4) is 22.5 Å². The smallest absolute Gasteiger partial charge is 0.0544 e. The minimum absolute atomic E-state index is 0.0679. The van der Waals surface area contributed by atoms with Gasteiger partial charge in [0.15, 0.2) is 0 Å². The van der Waals surface area contributed by atoms with Gasteiger partial charge in [0.25, 0.3) is 0 Å². The third kappa shape index (κ3) is 3.80. The van der Waals surface area contributed by atoms with Crippen LogP contribution in [0, 0.1) is 0 Å². The van der Waals surface area contributed by atoms with Crippen molar-refractivity contribution in [1.82, 2.24) is 9.13 Å². The van der Waals surface area contributed by atoms with Gasteiger partial charge in [-0.05, 0) is 107 Å². The normalized spacial score (nSPS) is 15.1. The SMILES string of the molecule is CC1(C)C2=C(C=CCC=C2)c2cc3c4cc(-c5ccc6c(c5)c5ccccc5n6-c5ccccc5)ccc4n(-c4ccccc4)c3cc21. The molecule has 2 heteroatoms. The molecule has 0 fully saturated rings. The van der Waals surface area contributed by atoms with Crippen LogP contribution < -0.4 is 0 Å². The molecular weight excluding hydrogens is 581 g/mol. The predicted molar refractivity (Wildman–Crippen MR) is 203 cm³/mol. The number of rotatable bonds is 3. The Kier molecular flexibility index (Phi) is 5.72. The number of aromatic nitrogens is 2. The van der Waals surface area contributed by atoms with Crippen LogP contribution in [-0.2, 0) is 5.41 Å². The van der Waals surface area contributed by atoms with Crippen molar-refractivity contribution < 1.29 is 0 Å². The van der Waals surface area contributed by atoms with Crippen LogP contribution in [0.5, 0.6) is 0 Å². The highest BCUT2D eigenvalue weighted by Gasteiger charge is 2.37. The summed E-state index contributed by atoms with van der Waals surface area (Å²) in [5.74, 6) is 0. The van der Waals surface area contributed by atoms with E-state index in [1.807, 2.05) is 0 Å². The quantitative estimate of drug-likeness (QED) is 0.187. The summed E-state index contributed by atoms with van der Waals surface area (Å²) in [6, 6.07) is 49.2. The second-order valence-electron chi connectivity index (χ2n) is 13.7. The fraction of sp³-hybridized carbons (Fsp3) is 0.0870. The second kappa shape index (κ2) is 10.1. The van der Waals surface area contributed by atoms with Crippen molar-refractivity contribution in [1.29, 1.82) is 0 Å². The molecule has 2 aliphatic carbocycles. The van der Waals surface area contributed by atoms with Gasteiger partial charge in [0.1, 0.15) is 0 Å². The summed E-state index contributed by atoms with van der Waals surface area (Å²) in [5.41, 5.74) is 15.2. The summed E-state index contributed by atoms with van der Waals surface area (Å²) in [7, 11) is 0. The van der Waals surface area contributed by atoms with Crippen molar-refractivity contribution in [2.45, 2.75) is 25.7 Å². The standard InChI is InChI=1S/C46H34N2/c1-46(2)40-20-11-5-10-18-34(40)36-28-39-38-27-31(23-25-44(38)48(45(39)29-41(36)46)33-16-8-4-9-17-33)30-22-24-43-37(26-30)35-19-12-13-21-42(35)47(43)32-14-6-3-7-15-32/h3-4,6-29H,5H2,1-2H3. The molecule has 2 aliphatic rings. The molecule has 2 aromatic heterocycles. The molecule has 0 saturated carbocycles. The van der Waals surface area contributed by atoms with Gasteiger partial charge in [-0.2, -0.15) is 0 Å². The Balaban J connectivity index is 1.23. The Morgan fingerprint density at radius 3 is 1.71 bits per heavy atom. The molecule has 48 heavy (non-hydrogen) atoms. The predicted octanol–water partition coefficient (Wildman–Crippen LogP) is 12.1. The Hall–Kier alpha value is -5.86. The van der Waals surface area contributed by atoms with Gasteiger partial charge in [-0.3, -0.25) is 0 Å². The van der Waals surface area contributed by atoms with Gasteiger partial charge < -0.3 is 9.13 Å². The van der Waals surface area contributed by atoms with E-state index < -0.39 is 0 Å². The maximum Gasteiger partial charge on any atom is 0.0544 e. The minimum Gasteiger partial charge on any atom is -0.309 e. The van der Waals surface area contributed by atoms with Gasteiger partial charge in [-0.25, -0.2) is 0 Å². The van der Waals surface area contributed by atoms with Crippen LogP contribution >= 0.6 is 0 Å². The number of hydrogen-bond acceptors (Lipinski definition) is 0. The van der Waals surface area contributed by atoms with Crippen molar-refractivity contribution in [3.05, 3.63) is 174 Å². The minimum atomic E-state index is -0.0679. The first-order valence-corrected chi connectivity index (χ1v) is 16.9. The molecule has 8 aromatic rings. The van der Waals surface area contributed by atoms with Gasteiger partial charge in [0.05, 0.1) is 22.1 Å². The first-order chi connectivity index (χ1) is 23.6. The van der Waals surface area contributed by atoms with Gasteiger partial charge in [0, 0.05) is 38.3 Å². The fourth-order valence-corrected chi connectivity index (χ4v) is 8.40. The molecule has 228 valence electrons. The Morgan fingerprint density at radius 2 is 1.02 bits per heavy atom. The molecular formula is C46H34N2. The number of benzene rings is 6. The number of allylic oxidation sites excluding steroid dienone is 6. The van der Waals surface area contributed by atoms with Crippen LogP contribution in [0.4, 0.5) is 0 Å². The van der Waals surface area contributed by atoms with Gasteiger partial charge in [0.2, 0.25) is 0 Å². The number of para-hydroxylation sites is 3. The van der Waals surface area contributed by atoms with E-state index in [4.69, 9.17) is 0 Å². The van der Waals surface area contributed by atoms with E-state index in [0.29, 0.717) is 0 Å². The summed E-state index contributed by atoms with van der Waals surface area (Å²) < 4.78 is 4.84. The molecule has 2 nitrogen and oxygen atoms in total. The van der Waals surface area contributed by atoms with E-state index in [-0.39, 0.29) is 5.41 Å². The maximum absolute atomic E-state index is 2.47. The summed E-state index contributed by atoms with van der Waals surface area (Å²) in [5, 5.41) is 5.11. The molecule has 0 aliphatic heterocycles. The van der Waals surface area contributed by atoms with E-state index in [0.717, 1.165) is 6.42 Å². The largest absolute Gasteiger partial charge is 0.309 e. The van der Waals surface area contributed by atoms with E-state index in [1.54, 1.807) is 0 Å². The number of nitrogens with zero attached hydrogens (tertiary/aromatic N) is 2. The highest BCUT2D eigenvalue weighted by atomic mass is 15.0. The molecule has 6 aromatic carbocycles. The van der Waals surface area contributed by atoms with Gasteiger partial charge >= 0.3 is 0 Å². The van der Waals surface area contributed by atoms with E-state index in [9.17, 15) is 0 Å². The molecule has 0 saturated heterocycles. The second-order valence-corrected chi connectivity index (χ2v) is 13.7. The Bertz CT molecular complexity index is 2690. The summed E-state index contributed by atoms with van der Waals surface area (Å²) in [6.07, 6.45) is 10.3. The third-order valence-electron chi connectivity index (χ3n) is 10.7. The zero-order valence-electron chi connectivity index (χ0n) is 27.1. The average molecular weight is 615 g/mol. The van der Waals surface area contributed by atoms with E-state index in [2.05, 4.69) is 181 Å². The van der Waals surface area contributed by atoms with Crippen molar-refractivity contribution >= 4 is 49.2 Å². The van der Waals surface area contributed by atoms with Crippen LogP contribution in [0.25, 0.3) is 71.7 Å². The molecule has 2 heterocycles. The Labute approximate surface area is 280 Å². The van der Waals surface area contributed by atoms with Gasteiger partial charge in [-0.1, -0.05) is 105 Å². The van der Waals surface area contributed by atoms with E-state index in [1.165, 1.54) is 88.4 Å². The molecule has 0 N–H and O–H groups in total. The average Bonchev–Trinajstić information content (AvgIpc) is 3.59. The highest BCUT2D eigenvalue weighted by Crippen LogP contribution is 2.50. The monoisotopic (exact) mass is 614 g/mol. The van der Waals surface area contributed by atoms with Crippen molar-refractivity contribution in [2.75, 3.05) is 0 Å². The summed E-state index contributed by atoms with van der Waals surface area (Å²) in [6.45, 7) is 4.75. The molecule has 0 atom stereocenters. The van der Waals surface area contributed by atoms with Crippen LogP contribution in [0.3, 0.4) is 0 Å². The molecule has 0 radical (unpaired) electrons. The van der Waals surface area contributed by atoms with Crippen molar-refractivity contribution in [2.24, 2.45) is 0 Å². The van der Waals surface area contributed by atoms with Crippen molar-refractivity contribution in [3.63, 3.8) is 0 Å². The zero-order chi connectivity index (χ0) is 32.0. The number of fused-ring (bicyclic) bond motifs is 8. The lowest BCUT2D eigenvalue weighted by molar-refractivity contribution is 0.654. The zero-order valence-corrected chi connectivity index (χ0v) is 27.1. The lowest BCUT2D eigenvalue weighted by atomic mass is 9.80. The number of hydrogen-bond donors (Lipinski definition) is 0. The first-order valence-electron chi connectivity index (χ1n) is 16.9. The highest BCUT2D eigenvalue weighted by molar-refractivity contribution is 6.14. The van der Waals surface area contributed by atoms with Crippen LogP contribution in [0.2, 0.25) is 0 Å². The molecule has 0 amide bonds. The Morgan fingerprint density at radius 1 is 0.479 bits per heavy atom. The van der Waals surface area contributed by atoms with Crippen LogP contribution in [0.15, 0.2) is 163 Å². The van der Waals surface area contributed by atoms with Crippen LogP contribution in [0.1, 0.15) is 31.4 Å². The van der Waals surface area contributed by atoms with E-state index >= 15 is 0 Å². The maximum atomic E-state index is 2.47. The lowest BCUT2D eigenvalue weighted by Gasteiger charge is -2.23. The van der Waals surface area contributed by atoms with Crippen LogP contribution in [-0.4, -0.2) is 9.13 Å². The first kappa shape index (κ1) is 27.3.